The lowest BCUT2D eigenvalue weighted by molar-refractivity contribution is -0.152. The van der Waals surface area contributed by atoms with Crippen LogP contribution < -0.4 is 20.7 Å². The second-order valence-electron chi connectivity index (χ2n) is 9.98. The molecule has 0 aliphatic carbocycles. The summed E-state index contributed by atoms with van der Waals surface area (Å²) in [5.74, 6) is 0.664. The summed E-state index contributed by atoms with van der Waals surface area (Å²) in [6.07, 6.45) is 4.77. The van der Waals surface area contributed by atoms with Crippen LogP contribution in [0.25, 0.3) is 10.4 Å². The Morgan fingerprint density at radius 1 is 1.05 bits per heavy atom. The number of rotatable bonds is 7. The van der Waals surface area contributed by atoms with Crippen molar-refractivity contribution in [1.82, 2.24) is 20.3 Å². The van der Waals surface area contributed by atoms with Gasteiger partial charge in [0.1, 0.15) is 16.4 Å². The van der Waals surface area contributed by atoms with Crippen molar-refractivity contribution in [2.75, 3.05) is 30.8 Å². The molecule has 1 fully saturated rings. The van der Waals surface area contributed by atoms with Gasteiger partial charge in [-0.1, -0.05) is 0 Å². The number of carbonyl (C=O) groups is 3. The fourth-order valence-electron chi connectivity index (χ4n) is 3.89. The van der Waals surface area contributed by atoms with Crippen LogP contribution in [0.3, 0.4) is 0 Å². The second kappa shape index (κ2) is 12.7. The van der Waals surface area contributed by atoms with Crippen molar-refractivity contribution in [2.45, 2.75) is 45.3 Å². The number of hydrogen-bond donors (Lipinski definition) is 3. The highest BCUT2D eigenvalue weighted by molar-refractivity contribution is 7.20. The first kappa shape index (κ1) is 28.8. The van der Waals surface area contributed by atoms with Gasteiger partial charge in [-0.05, 0) is 69.5 Å². The molecular weight excluding hydrogens is 536 g/mol. The van der Waals surface area contributed by atoms with E-state index in [1.54, 1.807) is 33.9 Å². The third kappa shape index (κ3) is 8.13. The minimum atomic E-state index is -0.755. The number of hydrogen-bond acceptors (Lipinski definition) is 10. The smallest absolute Gasteiger partial charge is 0.497 e. The van der Waals surface area contributed by atoms with E-state index in [-0.39, 0.29) is 17.8 Å². The molecular formula is C27H32N6O6S. The molecule has 0 spiro atoms. The molecule has 0 unspecified atom stereocenters. The Labute approximate surface area is 236 Å². The van der Waals surface area contributed by atoms with E-state index in [9.17, 15) is 14.4 Å². The number of ether oxygens (including phenoxy) is 2. The maximum atomic E-state index is 13.4. The first-order valence-corrected chi connectivity index (χ1v) is 13.5. The van der Waals surface area contributed by atoms with Crippen LogP contribution in [0.2, 0.25) is 0 Å². The molecule has 4 rings (SSSR count). The molecule has 0 saturated carbocycles. The fourth-order valence-corrected chi connectivity index (χ4v) is 4.95. The molecule has 0 atom stereocenters. The standard InChI is InChI=1S/C27H32N6O6S/c1-27(2,3)38-26(36)39-33-13-9-18(10-14-33)30-23(34)20-15-21(17-5-7-19(37-4)8-6-17)40-24(20)32-25(35)31-22-16-28-11-12-29-22/h5-8,11-12,15-16,18H,9-10,13-14H2,1-4H3,(H,30,34)(H2,29,31,32,35). The number of thiophene rings is 1. The van der Waals surface area contributed by atoms with Crippen LogP contribution in [-0.2, 0) is 9.57 Å². The Balaban J connectivity index is 1.43. The number of nitrogens with zero attached hydrogens (tertiary/aromatic N) is 3. The van der Waals surface area contributed by atoms with Crippen molar-refractivity contribution in [3.63, 3.8) is 0 Å². The van der Waals surface area contributed by atoms with Gasteiger partial charge in [0.05, 0.1) is 18.9 Å². The number of carbonyl (C=O) groups excluding carboxylic acids is 3. The summed E-state index contributed by atoms with van der Waals surface area (Å²) >= 11 is 1.28. The van der Waals surface area contributed by atoms with E-state index in [1.807, 2.05) is 24.3 Å². The zero-order valence-corrected chi connectivity index (χ0v) is 23.5. The summed E-state index contributed by atoms with van der Waals surface area (Å²) in [6, 6.07) is 8.49. The summed E-state index contributed by atoms with van der Waals surface area (Å²) in [7, 11) is 1.59. The van der Waals surface area contributed by atoms with Gasteiger partial charge < -0.3 is 19.6 Å². The lowest BCUT2D eigenvalue weighted by atomic mass is 10.1. The van der Waals surface area contributed by atoms with E-state index in [2.05, 4.69) is 25.9 Å². The van der Waals surface area contributed by atoms with Crippen molar-refractivity contribution < 1.29 is 28.7 Å². The van der Waals surface area contributed by atoms with E-state index in [4.69, 9.17) is 14.3 Å². The molecule has 0 bridgehead atoms. The van der Waals surface area contributed by atoms with Crippen LogP contribution in [0.1, 0.15) is 44.0 Å². The van der Waals surface area contributed by atoms with E-state index < -0.39 is 17.8 Å². The molecule has 3 aromatic rings. The summed E-state index contributed by atoms with van der Waals surface area (Å²) in [5, 5.41) is 10.4. The summed E-state index contributed by atoms with van der Waals surface area (Å²) in [5.41, 5.74) is 0.554. The summed E-state index contributed by atoms with van der Waals surface area (Å²) < 4.78 is 10.4. The number of piperidine rings is 1. The van der Waals surface area contributed by atoms with Gasteiger partial charge in [-0.15, -0.1) is 16.4 Å². The van der Waals surface area contributed by atoms with Crippen LogP contribution in [-0.4, -0.2) is 65.0 Å². The molecule has 212 valence electrons. The van der Waals surface area contributed by atoms with Crippen molar-refractivity contribution >= 4 is 40.2 Å². The van der Waals surface area contributed by atoms with Gasteiger partial charge in [0.15, 0.2) is 5.82 Å². The maximum Gasteiger partial charge on any atom is 0.528 e. The summed E-state index contributed by atoms with van der Waals surface area (Å²) in [6.45, 7) is 6.18. The highest BCUT2D eigenvalue weighted by Crippen LogP contribution is 2.36. The van der Waals surface area contributed by atoms with Crippen molar-refractivity contribution in [2.24, 2.45) is 0 Å². The second-order valence-corrected chi connectivity index (χ2v) is 11.0. The molecule has 3 N–H and O–H groups in total. The third-order valence-corrected chi connectivity index (χ3v) is 6.86. The topological polar surface area (TPSA) is 144 Å². The number of benzene rings is 1. The summed E-state index contributed by atoms with van der Waals surface area (Å²) in [4.78, 5) is 52.1. The predicted octanol–water partition coefficient (Wildman–Crippen LogP) is 4.92. The molecule has 40 heavy (non-hydrogen) atoms. The molecule has 1 aliphatic rings. The number of urea groups is 1. The van der Waals surface area contributed by atoms with Gasteiger partial charge in [0.2, 0.25) is 0 Å². The maximum absolute atomic E-state index is 13.4. The molecule has 0 radical (unpaired) electrons. The first-order chi connectivity index (χ1) is 19.1. The van der Waals surface area contributed by atoms with Crippen LogP contribution in [0, 0.1) is 0 Å². The average molecular weight is 569 g/mol. The Bertz CT molecular complexity index is 1320. The van der Waals surface area contributed by atoms with Crippen LogP contribution in [0.5, 0.6) is 5.75 Å². The third-order valence-electron chi connectivity index (χ3n) is 5.77. The number of hydroxylamine groups is 2. The monoisotopic (exact) mass is 568 g/mol. The zero-order valence-electron chi connectivity index (χ0n) is 22.7. The Morgan fingerprint density at radius 2 is 1.77 bits per heavy atom. The average Bonchev–Trinajstić information content (AvgIpc) is 3.33. The Morgan fingerprint density at radius 3 is 2.40 bits per heavy atom. The fraction of sp³-hybridized carbons (Fsp3) is 0.370. The number of anilines is 2. The lowest BCUT2D eigenvalue weighted by Gasteiger charge is -2.31. The Kier molecular flexibility index (Phi) is 9.17. The van der Waals surface area contributed by atoms with Crippen LogP contribution in [0.4, 0.5) is 20.4 Å². The molecule has 13 heteroatoms. The van der Waals surface area contributed by atoms with Gasteiger partial charge in [0, 0.05) is 36.4 Å². The van der Waals surface area contributed by atoms with E-state index in [0.29, 0.717) is 42.2 Å². The van der Waals surface area contributed by atoms with E-state index >= 15 is 0 Å². The van der Waals surface area contributed by atoms with E-state index in [1.165, 1.54) is 35.0 Å². The predicted molar refractivity (Wildman–Crippen MR) is 150 cm³/mol. The number of aromatic nitrogens is 2. The highest BCUT2D eigenvalue weighted by atomic mass is 32.1. The van der Waals surface area contributed by atoms with Crippen molar-refractivity contribution in [1.29, 1.82) is 0 Å². The van der Waals surface area contributed by atoms with Gasteiger partial charge >= 0.3 is 12.2 Å². The largest absolute Gasteiger partial charge is 0.528 e. The lowest BCUT2D eigenvalue weighted by Crippen LogP contribution is -2.45. The van der Waals surface area contributed by atoms with Crippen LogP contribution in [0.15, 0.2) is 48.9 Å². The number of amides is 3. The van der Waals surface area contributed by atoms with Gasteiger partial charge in [-0.25, -0.2) is 14.6 Å². The SMILES string of the molecule is COc1ccc(-c2cc(C(=O)NC3CCN(OC(=O)OC(C)(C)C)CC3)c(NC(=O)Nc3cnccn3)s2)cc1. The van der Waals surface area contributed by atoms with Crippen molar-refractivity contribution in [3.05, 3.63) is 54.5 Å². The van der Waals surface area contributed by atoms with Crippen LogP contribution >= 0.6 is 11.3 Å². The minimum absolute atomic E-state index is 0.142. The zero-order chi connectivity index (χ0) is 28.7. The Hall–Kier alpha value is -4.23. The van der Waals surface area contributed by atoms with Gasteiger partial charge in [-0.3, -0.25) is 20.4 Å². The molecule has 2 aromatic heterocycles. The number of nitrogens with one attached hydrogen (secondary N) is 3. The minimum Gasteiger partial charge on any atom is -0.497 e. The molecule has 12 nitrogen and oxygen atoms in total. The molecule has 3 amide bonds. The van der Waals surface area contributed by atoms with Crippen molar-refractivity contribution in [3.8, 4) is 16.2 Å². The number of methoxy groups -OCH3 is 1. The first-order valence-electron chi connectivity index (χ1n) is 12.7. The van der Waals surface area contributed by atoms with E-state index in [0.717, 1.165) is 10.4 Å². The highest BCUT2D eigenvalue weighted by Gasteiger charge is 2.27. The van der Waals surface area contributed by atoms with Gasteiger partial charge in [-0.2, -0.15) is 0 Å². The molecule has 1 aliphatic heterocycles. The quantitative estimate of drug-likeness (QED) is 0.338. The molecule has 1 saturated heterocycles. The van der Waals surface area contributed by atoms with Gasteiger partial charge in [0.25, 0.3) is 5.91 Å². The molecule has 3 heterocycles. The molecule has 1 aromatic carbocycles. The normalized spacial score (nSPS) is 14.2.